The molecule has 92 valence electrons. The van der Waals surface area contributed by atoms with E-state index in [1.165, 1.54) is 12.6 Å². The van der Waals surface area contributed by atoms with Gasteiger partial charge in [-0.25, -0.2) is 0 Å². The molecule has 0 aliphatic carbocycles. The maximum absolute atomic E-state index is 11.3. The molecule has 1 unspecified atom stereocenters. The standard InChI is InChI=1S/C11H17Cl2NO2/c1-16-11(15)6-10-4-2-3-5-14(10)8-9(13)7-12/h7,10H,2-6,8H2,1H3. The zero-order chi connectivity index (χ0) is 12.0. The van der Waals surface area contributed by atoms with Crippen LogP contribution in [-0.2, 0) is 9.53 Å². The molecular weight excluding hydrogens is 249 g/mol. The molecule has 0 aromatic rings. The molecular formula is C11H17Cl2NO2. The highest BCUT2D eigenvalue weighted by atomic mass is 35.5. The first kappa shape index (κ1) is 13.8. The number of hydrogen-bond acceptors (Lipinski definition) is 3. The number of esters is 1. The molecule has 1 aliphatic rings. The van der Waals surface area contributed by atoms with E-state index < -0.39 is 0 Å². The van der Waals surface area contributed by atoms with Crippen LogP contribution in [0.25, 0.3) is 0 Å². The molecule has 0 aromatic carbocycles. The lowest BCUT2D eigenvalue weighted by Crippen LogP contribution is -2.41. The maximum atomic E-state index is 11.3. The average molecular weight is 266 g/mol. The summed E-state index contributed by atoms with van der Waals surface area (Å²) in [5.74, 6) is -0.164. The lowest BCUT2D eigenvalue weighted by Gasteiger charge is -2.34. The Morgan fingerprint density at radius 2 is 2.31 bits per heavy atom. The molecule has 0 saturated carbocycles. The molecule has 0 amide bonds. The van der Waals surface area contributed by atoms with E-state index in [4.69, 9.17) is 27.9 Å². The predicted molar refractivity (Wildman–Crippen MR) is 65.6 cm³/mol. The van der Waals surface area contributed by atoms with Gasteiger partial charge in [0.15, 0.2) is 0 Å². The highest BCUT2D eigenvalue weighted by Crippen LogP contribution is 2.22. The molecule has 0 radical (unpaired) electrons. The molecule has 0 aromatic heterocycles. The van der Waals surface area contributed by atoms with E-state index in [-0.39, 0.29) is 12.0 Å². The fourth-order valence-corrected chi connectivity index (χ4v) is 2.23. The van der Waals surface area contributed by atoms with Crippen molar-refractivity contribution in [3.05, 3.63) is 10.6 Å². The van der Waals surface area contributed by atoms with Crippen molar-refractivity contribution in [2.24, 2.45) is 0 Å². The smallest absolute Gasteiger partial charge is 0.307 e. The van der Waals surface area contributed by atoms with Crippen molar-refractivity contribution in [1.82, 2.24) is 4.90 Å². The second kappa shape index (κ2) is 7.15. The van der Waals surface area contributed by atoms with Crippen LogP contribution in [0.2, 0.25) is 0 Å². The van der Waals surface area contributed by atoms with Gasteiger partial charge >= 0.3 is 5.97 Å². The van der Waals surface area contributed by atoms with E-state index in [1.807, 2.05) is 0 Å². The van der Waals surface area contributed by atoms with Crippen molar-refractivity contribution in [2.75, 3.05) is 20.2 Å². The first-order valence-corrected chi connectivity index (χ1v) is 6.24. The molecule has 1 aliphatic heterocycles. The van der Waals surface area contributed by atoms with E-state index >= 15 is 0 Å². The van der Waals surface area contributed by atoms with Crippen LogP contribution >= 0.6 is 23.2 Å². The molecule has 1 saturated heterocycles. The summed E-state index contributed by atoms with van der Waals surface area (Å²) in [6.07, 6.45) is 3.75. The Morgan fingerprint density at radius 3 is 2.94 bits per heavy atom. The zero-order valence-electron chi connectivity index (χ0n) is 9.42. The molecule has 1 heterocycles. The topological polar surface area (TPSA) is 29.5 Å². The molecule has 1 rings (SSSR count). The Kier molecular flexibility index (Phi) is 6.17. The van der Waals surface area contributed by atoms with Crippen LogP contribution in [0.4, 0.5) is 0 Å². The van der Waals surface area contributed by atoms with E-state index in [0.29, 0.717) is 18.0 Å². The fraction of sp³-hybridized carbons (Fsp3) is 0.727. The fourth-order valence-electron chi connectivity index (χ4n) is 2.00. The molecule has 3 nitrogen and oxygen atoms in total. The van der Waals surface area contributed by atoms with E-state index in [1.54, 1.807) is 0 Å². The number of likely N-dealkylation sites (tertiary alicyclic amines) is 1. The number of halogens is 2. The molecule has 1 atom stereocenters. The highest BCUT2D eigenvalue weighted by Gasteiger charge is 2.25. The van der Waals surface area contributed by atoms with Crippen molar-refractivity contribution in [1.29, 1.82) is 0 Å². The molecule has 1 fully saturated rings. The number of methoxy groups -OCH3 is 1. The Hall–Kier alpha value is -0.250. The Labute approximate surface area is 106 Å². The van der Waals surface area contributed by atoms with Crippen LogP contribution in [0, 0.1) is 0 Å². The van der Waals surface area contributed by atoms with Crippen LogP contribution in [0.15, 0.2) is 10.6 Å². The minimum Gasteiger partial charge on any atom is -0.469 e. The summed E-state index contributed by atoms with van der Waals surface area (Å²) in [4.78, 5) is 13.5. The first-order valence-electron chi connectivity index (χ1n) is 5.43. The van der Waals surface area contributed by atoms with Crippen LogP contribution in [0.1, 0.15) is 25.7 Å². The minimum absolute atomic E-state index is 0.164. The third-order valence-corrected chi connectivity index (χ3v) is 3.46. The summed E-state index contributed by atoms with van der Waals surface area (Å²) < 4.78 is 4.69. The first-order chi connectivity index (χ1) is 7.67. The minimum atomic E-state index is -0.164. The van der Waals surface area contributed by atoms with Crippen LogP contribution in [-0.4, -0.2) is 37.1 Å². The quantitative estimate of drug-likeness (QED) is 0.733. The number of ether oxygens (including phenoxy) is 1. The lowest BCUT2D eigenvalue weighted by molar-refractivity contribution is -0.142. The van der Waals surface area contributed by atoms with Crippen molar-refractivity contribution in [3.63, 3.8) is 0 Å². The van der Waals surface area contributed by atoms with Crippen LogP contribution < -0.4 is 0 Å². The second-order valence-corrected chi connectivity index (χ2v) is 4.66. The van der Waals surface area contributed by atoms with Crippen LogP contribution in [0.3, 0.4) is 0 Å². The van der Waals surface area contributed by atoms with Gasteiger partial charge in [0, 0.05) is 23.2 Å². The molecule has 16 heavy (non-hydrogen) atoms. The Morgan fingerprint density at radius 1 is 1.56 bits per heavy atom. The van der Waals surface area contributed by atoms with Crippen molar-refractivity contribution in [3.8, 4) is 0 Å². The van der Waals surface area contributed by atoms with Gasteiger partial charge in [-0.2, -0.15) is 0 Å². The van der Waals surface area contributed by atoms with Gasteiger partial charge in [0.05, 0.1) is 13.5 Å². The summed E-state index contributed by atoms with van der Waals surface area (Å²) in [6, 6.07) is 0.228. The van der Waals surface area contributed by atoms with Gasteiger partial charge in [0.1, 0.15) is 0 Å². The molecule has 0 spiro atoms. The van der Waals surface area contributed by atoms with Gasteiger partial charge < -0.3 is 4.74 Å². The summed E-state index contributed by atoms with van der Waals surface area (Å²) in [7, 11) is 1.42. The summed E-state index contributed by atoms with van der Waals surface area (Å²) in [5, 5.41) is 0.610. The maximum Gasteiger partial charge on any atom is 0.307 e. The molecule has 0 bridgehead atoms. The summed E-state index contributed by atoms with van der Waals surface area (Å²) in [6.45, 7) is 1.58. The van der Waals surface area contributed by atoms with Gasteiger partial charge in [-0.05, 0) is 19.4 Å². The number of hydrogen-bond donors (Lipinski definition) is 0. The summed E-state index contributed by atoms with van der Waals surface area (Å²) >= 11 is 11.4. The number of rotatable bonds is 4. The monoisotopic (exact) mass is 265 g/mol. The largest absolute Gasteiger partial charge is 0.469 e. The average Bonchev–Trinajstić information content (AvgIpc) is 2.31. The second-order valence-electron chi connectivity index (χ2n) is 3.96. The normalized spacial score (nSPS) is 23.2. The lowest BCUT2D eigenvalue weighted by atomic mass is 9.99. The summed E-state index contributed by atoms with van der Waals surface area (Å²) in [5.41, 5.74) is 1.38. The number of carbonyl (C=O) groups is 1. The van der Waals surface area contributed by atoms with Crippen molar-refractivity contribution in [2.45, 2.75) is 31.7 Å². The third kappa shape index (κ3) is 4.32. The third-order valence-electron chi connectivity index (χ3n) is 2.85. The predicted octanol–water partition coefficient (Wildman–Crippen LogP) is 2.72. The van der Waals surface area contributed by atoms with E-state index in [0.717, 1.165) is 25.8 Å². The SMILES string of the molecule is COC(=O)CC1CCCCN1CC(Cl)=CCl. The van der Waals surface area contributed by atoms with Crippen molar-refractivity contribution < 1.29 is 9.53 Å². The zero-order valence-corrected chi connectivity index (χ0v) is 10.9. The Bertz CT molecular complexity index is 269. The van der Waals surface area contributed by atoms with Crippen molar-refractivity contribution >= 4 is 29.2 Å². The number of carbonyl (C=O) groups excluding carboxylic acids is 1. The van der Waals surface area contributed by atoms with Gasteiger partial charge in [-0.3, -0.25) is 9.69 Å². The van der Waals surface area contributed by atoms with Gasteiger partial charge in [-0.15, -0.1) is 0 Å². The van der Waals surface area contributed by atoms with Gasteiger partial charge in [-0.1, -0.05) is 29.6 Å². The number of nitrogens with zero attached hydrogens (tertiary/aromatic N) is 1. The highest BCUT2D eigenvalue weighted by molar-refractivity contribution is 6.36. The van der Waals surface area contributed by atoms with E-state index in [9.17, 15) is 4.79 Å². The van der Waals surface area contributed by atoms with Gasteiger partial charge in [0.2, 0.25) is 0 Å². The molecule has 5 heteroatoms. The number of piperidine rings is 1. The van der Waals surface area contributed by atoms with Crippen LogP contribution in [0.5, 0.6) is 0 Å². The molecule has 0 N–H and O–H groups in total. The Balaban J connectivity index is 2.53. The van der Waals surface area contributed by atoms with E-state index in [2.05, 4.69) is 4.90 Å². The van der Waals surface area contributed by atoms with Gasteiger partial charge in [0.25, 0.3) is 0 Å².